The first-order chi connectivity index (χ1) is 17.5. The molecule has 36 heavy (non-hydrogen) atoms. The highest BCUT2D eigenvalue weighted by Gasteiger charge is 2.34. The van der Waals surface area contributed by atoms with E-state index in [0.29, 0.717) is 46.0 Å². The number of thiazole rings is 1. The highest BCUT2D eigenvalue weighted by molar-refractivity contribution is 7.19. The molecule has 5 rings (SSSR count). The van der Waals surface area contributed by atoms with Crippen LogP contribution in [-0.4, -0.2) is 61.3 Å². The molecule has 1 saturated carbocycles. The summed E-state index contributed by atoms with van der Waals surface area (Å²) in [5, 5.41) is 3.15. The Bertz CT molecular complexity index is 1280. The van der Waals surface area contributed by atoms with Crippen LogP contribution in [0.1, 0.15) is 23.2 Å². The van der Waals surface area contributed by atoms with Crippen molar-refractivity contribution in [3.8, 4) is 33.6 Å². The van der Waals surface area contributed by atoms with Crippen molar-refractivity contribution in [1.82, 2.24) is 15.2 Å². The Kier molecular flexibility index (Phi) is 6.81. The number of fused-ring (bicyclic) bond motifs is 1. The van der Waals surface area contributed by atoms with Crippen LogP contribution in [0.5, 0.6) is 23.1 Å². The SMILES string of the molecule is COc1cccc(-c2sc(N)nc2OC(=O)N(CCNC(=O)c2cccc3c2OCCO3)C2CC2)c1. The molecule has 3 aromatic rings. The molecule has 1 fully saturated rings. The number of nitrogen functional groups attached to an aromatic ring is 1. The van der Waals surface area contributed by atoms with E-state index in [1.54, 1.807) is 30.2 Å². The zero-order chi connectivity index (χ0) is 25.1. The molecule has 2 amide bonds. The van der Waals surface area contributed by atoms with Gasteiger partial charge in [-0.15, -0.1) is 0 Å². The zero-order valence-electron chi connectivity index (χ0n) is 19.7. The minimum atomic E-state index is -0.532. The second-order valence-electron chi connectivity index (χ2n) is 8.30. The molecular formula is C25H26N4O6S. The Hall–Kier alpha value is -3.99. The summed E-state index contributed by atoms with van der Waals surface area (Å²) in [6.07, 6.45) is 1.22. The van der Waals surface area contributed by atoms with Gasteiger partial charge in [0, 0.05) is 24.7 Å². The summed E-state index contributed by atoms with van der Waals surface area (Å²) in [5.41, 5.74) is 7.12. The Balaban J connectivity index is 1.24. The number of hydrogen-bond acceptors (Lipinski definition) is 9. The van der Waals surface area contributed by atoms with Crippen molar-refractivity contribution in [2.24, 2.45) is 0 Å². The number of anilines is 1. The smallest absolute Gasteiger partial charge is 0.416 e. The standard InChI is InChI=1S/C25H26N4O6S/c1-32-17-5-2-4-15(14-17)21-23(28-24(26)36-21)35-25(31)29(16-8-9-16)11-10-27-22(30)18-6-3-7-19-20(18)34-13-12-33-19/h2-7,14,16H,8-13H2,1H3,(H2,26,28)(H,27,30). The number of carbonyl (C=O) groups excluding carboxylic acids is 2. The van der Waals surface area contributed by atoms with Gasteiger partial charge in [0.05, 0.1) is 12.7 Å². The molecule has 0 bridgehead atoms. The molecule has 10 nitrogen and oxygen atoms in total. The van der Waals surface area contributed by atoms with E-state index in [0.717, 1.165) is 18.4 Å². The van der Waals surface area contributed by atoms with Gasteiger partial charge in [-0.2, -0.15) is 4.98 Å². The van der Waals surface area contributed by atoms with Gasteiger partial charge in [0.2, 0.25) is 5.88 Å². The van der Waals surface area contributed by atoms with Gasteiger partial charge in [-0.05, 0) is 37.1 Å². The van der Waals surface area contributed by atoms with Gasteiger partial charge in [0.25, 0.3) is 5.91 Å². The normalized spacial score (nSPS) is 14.1. The van der Waals surface area contributed by atoms with Crippen molar-refractivity contribution < 1.29 is 28.5 Å². The number of aromatic nitrogens is 1. The van der Waals surface area contributed by atoms with Crippen LogP contribution in [0.2, 0.25) is 0 Å². The lowest BCUT2D eigenvalue weighted by Gasteiger charge is -2.22. The number of benzene rings is 2. The van der Waals surface area contributed by atoms with Crippen molar-refractivity contribution in [2.75, 3.05) is 39.1 Å². The summed E-state index contributed by atoms with van der Waals surface area (Å²) in [6.45, 7) is 1.37. The van der Waals surface area contributed by atoms with E-state index in [1.165, 1.54) is 11.3 Å². The van der Waals surface area contributed by atoms with Crippen LogP contribution in [0.3, 0.4) is 0 Å². The maximum Gasteiger partial charge on any atom is 0.416 e. The van der Waals surface area contributed by atoms with Crippen LogP contribution in [-0.2, 0) is 0 Å². The number of nitrogens with zero attached hydrogens (tertiary/aromatic N) is 2. The van der Waals surface area contributed by atoms with E-state index in [9.17, 15) is 9.59 Å². The first kappa shape index (κ1) is 23.7. The van der Waals surface area contributed by atoms with Crippen molar-refractivity contribution in [3.63, 3.8) is 0 Å². The highest BCUT2D eigenvalue weighted by atomic mass is 32.1. The molecule has 188 valence electrons. The quantitative estimate of drug-likeness (QED) is 0.471. The third-order valence-corrected chi connectivity index (χ3v) is 6.71. The summed E-state index contributed by atoms with van der Waals surface area (Å²) in [4.78, 5) is 32.4. The minimum absolute atomic E-state index is 0.0619. The molecule has 1 aliphatic heterocycles. The molecule has 0 radical (unpaired) electrons. The van der Waals surface area contributed by atoms with Crippen molar-refractivity contribution in [3.05, 3.63) is 48.0 Å². The summed E-state index contributed by atoms with van der Waals surface area (Å²) < 4.78 is 22.2. The van der Waals surface area contributed by atoms with Crippen LogP contribution >= 0.6 is 11.3 Å². The third kappa shape index (κ3) is 5.15. The molecule has 0 unspecified atom stereocenters. The number of para-hydroxylation sites is 1. The van der Waals surface area contributed by atoms with Gasteiger partial charge in [-0.25, -0.2) is 4.79 Å². The van der Waals surface area contributed by atoms with Crippen molar-refractivity contribution >= 4 is 28.5 Å². The number of amides is 2. The van der Waals surface area contributed by atoms with Gasteiger partial charge in [-0.1, -0.05) is 29.5 Å². The summed E-state index contributed by atoms with van der Waals surface area (Å²) >= 11 is 1.23. The largest absolute Gasteiger partial charge is 0.497 e. The number of methoxy groups -OCH3 is 1. The molecule has 2 aromatic carbocycles. The molecule has 0 spiro atoms. The lowest BCUT2D eigenvalue weighted by Crippen LogP contribution is -2.41. The molecule has 0 atom stereocenters. The second kappa shape index (κ2) is 10.3. The lowest BCUT2D eigenvalue weighted by molar-refractivity contribution is 0.0933. The Morgan fingerprint density at radius 2 is 2.00 bits per heavy atom. The van der Waals surface area contributed by atoms with E-state index in [-0.39, 0.29) is 30.9 Å². The number of rotatable bonds is 8. The fraction of sp³-hybridized carbons (Fsp3) is 0.320. The third-order valence-electron chi connectivity index (χ3n) is 5.80. The van der Waals surface area contributed by atoms with Crippen LogP contribution < -0.4 is 30.0 Å². The predicted octanol–water partition coefficient (Wildman–Crippen LogP) is 3.57. The average molecular weight is 511 g/mol. The number of hydrogen-bond donors (Lipinski definition) is 2. The maximum atomic E-state index is 13.1. The van der Waals surface area contributed by atoms with E-state index < -0.39 is 6.09 Å². The van der Waals surface area contributed by atoms with Gasteiger partial charge < -0.3 is 34.9 Å². The second-order valence-corrected chi connectivity index (χ2v) is 9.33. The first-order valence-electron chi connectivity index (χ1n) is 11.6. The van der Waals surface area contributed by atoms with Gasteiger partial charge in [0.15, 0.2) is 16.6 Å². The number of ether oxygens (including phenoxy) is 4. The van der Waals surface area contributed by atoms with Crippen molar-refractivity contribution in [2.45, 2.75) is 18.9 Å². The van der Waals surface area contributed by atoms with Gasteiger partial charge >= 0.3 is 6.09 Å². The number of carbonyl (C=O) groups is 2. The molecule has 1 aromatic heterocycles. The summed E-state index contributed by atoms with van der Waals surface area (Å²) in [6, 6.07) is 12.6. The van der Waals surface area contributed by atoms with E-state index >= 15 is 0 Å². The molecule has 2 heterocycles. The summed E-state index contributed by atoms with van der Waals surface area (Å²) in [7, 11) is 1.58. The topological polar surface area (TPSA) is 125 Å². The Morgan fingerprint density at radius 3 is 2.81 bits per heavy atom. The lowest BCUT2D eigenvalue weighted by atomic mass is 10.1. The summed E-state index contributed by atoms with van der Waals surface area (Å²) in [5.74, 6) is 1.51. The van der Waals surface area contributed by atoms with Gasteiger partial charge in [-0.3, -0.25) is 4.79 Å². The van der Waals surface area contributed by atoms with E-state index in [4.69, 9.17) is 24.7 Å². The Labute approximate surface area is 211 Å². The molecule has 11 heteroatoms. The average Bonchev–Trinajstić information content (AvgIpc) is 3.67. The minimum Gasteiger partial charge on any atom is -0.497 e. The van der Waals surface area contributed by atoms with Crippen molar-refractivity contribution in [1.29, 1.82) is 0 Å². The predicted molar refractivity (Wildman–Crippen MR) is 134 cm³/mol. The van der Waals surface area contributed by atoms with E-state index in [1.807, 2.05) is 24.3 Å². The highest BCUT2D eigenvalue weighted by Crippen LogP contribution is 2.39. The maximum absolute atomic E-state index is 13.1. The van der Waals surface area contributed by atoms with Crippen LogP contribution in [0.15, 0.2) is 42.5 Å². The van der Waals surface area contributed by atoms with Crippen LogP contribution in [0, 0.1) is 0 Å². The van der Waals surface area contributed by atoms with Crippen LogP contribution in [0.4, 0.5) is 9.93 Å². The molecule has 3 N–H and O–H groups in total. The monoisotopic (exact) mass is 510 g/mol. The molecular weight excluding hydrogens is 484 g/mol. The first-order valence-corrected chi connectivity index (χ1v) is 12.4. The molecule has 2 aliphatic rings. The van der Waals surface area contributed by atoms with Crippen LogP contribution in [0.25, 0.3) is 10.4 Å². The molecule has 1 aliphatic carbocycles. The Morgan fingerprint density at radius 1 is 1.19 bits per heavy atom. The van der Waals surface area contributed by atoms with E-state index in [2.05, 4.69) is 10.3 Å². The number of nitrogens with two attached hydrogens (primary N) is 1. The molecule has 0 saturated heterocycles. The zero-order valence-corrected chi connectivity index (χ0v) is 20.5. The fourth-order valence-electron chi connectivity index (χ4n) is 3.93. The number of nitrogens with one attached hydrogen (secondary N) is 1. The fourth-order valence-corrected chi connectivity index (χ4v) is 4.68. The van der Waals surface area contributed by atoms with Gasteiger partial charge in [0.1, 0.15) is 23.8 Å².